The van der Waals surface area contributed by atoms with Gasteiger partial charge in [-0.25, -0.2) is 19.6 Å². The average molecular weight is 197 g/mol. The third-order valence-electron chi connectivity index (χ3n) is 1.51. The summed E-state index contributed by atoms with van der Waals surface area (Å²) in [6.07, 6.45) is 2.76. The van der Waals surface area contributed by atoms with Gasteiger partial charge in [-0.2, -0.15) is 0 Å². The third-order valence-corrected chi connectivity index (χ3v) is 1.51. The number of methoxy groups -OCH3 is 2. The van der Waals surface area contributed by atoms with Gasteiger partial charge in [0.1, 0.15) is 0 Å². The average Bonchev–Trinajstić information content (AvgIpc) is 2.27. The molecule has 14 heavy (non-hydrogen) atoms. The van der Waals surface area contributed by atoms with E-state index in [9.17, 15) is 9.59 Å². The first-order valence-corrected chi connectivity index (χ1v) is 3.74. The van der Waals surface area contributed by atoms with Crippen LogP contribution in [0.4, 0.5) is 0 Å². The van der Waals surface area contributed by atoms with Gasteiger partial charge in [-0.15, -0.1) is 0 Å². The highest BCUT2D eigenvalue weighted by atomic mass is 16.5. The van der Waals surface area contributed by atoms with Crippen LogP contribution in [0.25, 0.3) is 0 Å². The Kier molecular flexibility index (Phi) is 3.11. The van der Waals surface area contributed by atoms with Gasteiger partial charge in [0.25, 0.3) is 0 Å². The van der Waals surface area contributed by atoms with Crippen LogP contribution in [0.5, 0.6) is 0 Å². The number of aromatic amines is 1. The lowest BCUT2D eigenvalue weighted by Crippen LogP contribution is -2.24. The molecule has 0 aliphatic rings. The summed E-state index contributed by atoms with van der Waals surface area (Å²) in [5.74, 6) is -1.36. The summed E-state index contributed by atoms with van der Waals surface area (Å²) in [6.45, 7) is 0. The summed E-state index contributed by atoms with van der Waals surface area (Å²) in [7, 11) is 2.42. The molecule has 0 unspecified atom stereocenters. The van der Waals surface area contributed by atoms with Crippen LogP contribution in [-0.4, -0.2) is 31.1 Å². The van der Waals surface area contributed by atoms with Crippen LogP contribution >= 0.6 is 0 Å². The van der Waals surface area contributed by atoms with E-state index in [2.05, 4.69) is 19.4 Å². The highest BCUT2D eigenvalue weighted by molar-refractivity contribution is 5.98. The molecule has 0 spiro atoms. The van der Waals surface area contributed by atoms with Gasteiger partial charge < -0.3 is 9.47 Å². The maximum absolute atomic E-state index is 11.2. The van der Waals surface area contributed by atoms with E-state index in [1.54, 1.807) is 0 Å². The van der Waals surface area contributed by atoms with E-state index < -0.39 is 11.9 Å². The van der Waals surface area contributed by atoms with Crippen molar-refractivity contribution in [2.45, 2.75) is 0 Å². The molecule has 0 aliphatic carbocycles. The number of nitrogens with zero attached hydrogens (tertiary/aromatic N) is 1. The predicted octanol–water partition coefficient (Wildman–Crippen LogP) is -0.531. The smallest absolute Gasteiger partial charge is 0.406 e. The zero-order chi connectivity index (χ0) is 10.6. The first-order chi connectivity index (χ1) is 6.70. The van der Waals surface area contributed by atoms with Gasteiger partial charge in [0, 0.05) is 0 Å². The molecule has 74 valence electrons. The van der Waals surface area contributed by atoms with Crippen LogP contribution in [0, 0.1) is 0 Å². The number of hydrogen-bond acceptors (Lipinski definition) is 5. The topological polar surface area (TPSA) is 79.6 Å². The number of H-pyrrole nitrogens is 1. The molecule has 1 rings (SSSR count). The van der Waals surface area contributed by atoms with Crippen molar-refractivity contribution in [2.24, 2.45) is 0 Å². The fourth-order valence-corrected chi connectivity index (χ4v) is 0.874. The molecule has 1 aromatic heterocycles. The van der Waals surface area contributed by atoms with E-state index in [1.165, 1.54) is 26.6 Å². The molecular formula is C8H9N2O4+. The zero-order valence-corrected chi connectivity index (χ0v) is 7.73. The molecule has 6 nitrogen and oxygen atoms in total. The fraction of sp³-hybridized carbons (Fsp3) is 0.250. The fourth-order valence-electron chi connectivity index (χ4n) is 0.874. The molecule has 1 heterocycles. The Morgan fingerprint density at radius 3 is 2.50 bits per heavy atom. The number of carbonyl (C=O) groups excluding carboxylic acids is 2. The maximum Gasteiger partial charge on any atom is 0.406 e. The van der Waals surface area contributed by atoms with Gasteiger partial charge >= 0.3 is 17.6 Å². The number of rotatable bonds is 2. The predicted molar refractivity (Wildman–Crippen MR) is 43.5 cm³/mol. The molecule has 0 saturated carbocycles. The highest BCUT2D eigenvalue weighted by Gasteiger charge is 2.26. The van der Waals surface area contributed by atoms with Crippen molar-refractivity contribution in [3.05, 3.63) is 23.8 Å². The maximum atomic E-state index is 11.2. The molecule has 0 aliphatic heterocycles. The number of carbonyl (C=O) groups is 2. The Bertz CT molecular complexity index is 329. The van der Waals surface area contributed by atoms with Crippen molar-refractivity contribution in [3.63, 3.8) is 0 Å². The first-order valence-electron chi connectivity index (χ1n) is 3.74. The second kappa shape index (κ2) is 4.31. The Morgan fingerprint density at radius 2 is 1.93 bits per heavy atom. The van der Waals surface area contributed by atoms with Gasteiger partial charge in [0.15, 0.2) is 6.20 Å². The molecule has 6 heteroatoms. The Labute approximate surface area is 79.9 Å². The number of esters is 2. The van der Waals surface area contributed by atoms with Crippen molar-refractivity contribution >= 4 is 11.9 Å². The minimum atomic E-state index is -0.692. The first kappa shape index (κ1) is 10.1. The summed E-state index contributed by atoms with van der Waals surface area (Å²) >= 11 is 0. The largest absolute Gasteiger partial charge is 0.464 e. The molecule has 1 aromatic rings. The third kappa shape index (κ3) is 1.85. The van der Waals surface area contributed by atoms with Crippen LogP contribution in [0.3, 0.4) is 0 Å². The minimum Gasteiger partial charge on any atom is -0.464 e. The van der Waals surface area contributed by atoms with Gasteiger partial charge in [-0.05, 0) is 0 Å². The molecule has 0 saturated heterocycles. The van der Waals surface area contributed by atoms with Crippen molar-refractivity contribution in [1.29, 1.82) is 0 Å². The lowest BCUT2D eigenvalue weighted by Gasteiger charge is -1.98. The summed E-state index contributed by atoms with van der Waals surface area (Å²) < 4.78 is 8.90. The Balaban J connectivity index is 3.15. The lowest BCUT2D eigenvalue weighted by molar-refractivity contribution is -0.384. The van der Waals surface area contributed by atoms with Crippen LogP contribution in [0.15, 0.2) is 12.4 Å². The summed E-state index contributed by atoms with van der Waals surface area (Å²) in [5, 5.41) is 0. The van der Waals surface area contributed by atoms with Gasteiger partial charge in [-0.3, -0.25) is 0 Å². The van der Waals surface area contributed by atoms with E-state index in [0.717, 1.165) is 0 Å². The van der Waals surface area contributed by atoms with Crippen molar-refractivity contribution in [3.8, 4) is 0 Å². The van der Waals surface area contributed by atoms with Gasteiger partial charge in [0.05, 0.1) is 20.4 Å². The normalized spacial score (nSPS) is 9.29. The minimum absolute atomic E-state index is 0.0261. The molecule has 0 bridgehead atoms. The number of ether oxygens (including phenoxy) is 2. The quantitative estimate of drug-likeness (QED) is 0.595. The van der Waals surface area contributed by atoms with Crippen molar-refractivity contribution in [2.75, 3.05) is 14.2 Å². The Morgan fingerprint density at radius 1 is 1.29 bits per heavy atom. The van der Waals surface area contributed by atoms with E-state index in [-0.39, 0.29) is 11.4 Å². The summed E-state index contributed by atoms with van der Waals surface area (Å²) in [4.78, 5) is 28.6. The highest BCUT2D eigenvalue weighted by Crippen LogP contribution is 2.01. The Hall–Kier alpha value is -1.98. The van der Waals surface area contributed by atoms with Crippen LogP contribution in [-0.2, 0) is 9.47 Å². The monoisotopic (exact) mass is 197 g/mol. The number of aromatic nitrogens is 2. The second-order valence-corrected chi connectivity index (χ2v) is 2.30. The molecule has 0 aromatic carbocycles. The van der Waals surface area contributed by atoms with E-state index in [0.29, 0.717) is 0 Å². The SMILES string of the molecule is COC(=O)c1ncc[nH+]c1C(=O)OC. The molecule has 0 atom stereocenters. The van der Waals surface area contributed by atoms with Gasteiger partial charge in [0.2, 0.25) is 5.69 Å². The van der Waals surface area contributed by atoms with Crippen LogP contribution in [0.1, 0.15) is 21.0 Å². The summed E-state index contributed by atoms with van der Waals surface area (Å²) in [6, 6.07) is 0. The zero-order valence-electron chi connectivity index (χ0n) is 7.73. The molecule has 0 fully saturated rings. The number of nitrogens with one attached hydrogen (secondary N) is 1. The second-order valence-electron chi connectivity index (χ2n) is 2.30. The van der Waals surface area contributed by atoms with E-state index >= 15 is 0 Å². The van der Waals surface area contributed by atoms with Crippen LogP contribution in [0.2, 0.25) is 0 Å². The molecule has 0 radical (unpaired) electrons. The van der Waals surface area contributed by atoms with E-state index in [4.69, 9.17) is 0 Å². The van der Waals surface area contributed by atoms with Gasteiger partial charge in [-0.1, -0.05) is 0 Å². The van der Waals surface area contributed by atoms with Crippen molar-refractivity contribution < 1.29 is 24.0 Å². The van der Waals surface area contributed by atoms with Crippen molar-refractivity contribution in [1.82, 2.24) is 4.98 Å². The molecular weight excluding hydrogens is 188 g/mol. The van der Waals surface area contributed by atoms with Crippen LogP contribution < -0.4 is 4.98 Å². The molecule has 0 amide bonds. The molecule has 1 N–H and O–H groups in total. The number of hydrogen-bond donors (Lipinski definition) is 0. The lowest BCUT2D eigenvalue weighted by atomic mass is 10.3. The summed E-state index contributed by atoms with van der Waals surface area (Å²) in [5.41, 5.74) is -0.122. The van der Waals surface area contributed by atoms with E-state index in [1.807, 2.05) is 0 Å². The standard InChI is InChI=1S/C8H8N2O4/c1-13-7(11)5-6(8(12)14-2)10-4-3-9-5/h3-4H,1-2H3/p+1.